The molecule has 0 spiro atoms. The molecule has 0 aliphatic carbocycles. The van der Waals surface area contributed by atoms with Gasteiger partial charge in [0, 0.05) is 35.1 Å². The summed E-state index contributed by atoms with van der Waals surface area (Å²) in [6.45, 7) is 11.5. The van der Waals surface area contributed by atoms with E-state index in [-0.39, 0.29) is 10.8 Å². The molecule has 1 aromatic heterocycles. The highest BCUT2D eigenvalue weighted by Gasteiger charge is 2.22. The van der Waals surface area contributed by atoms with Gasteiger partial charge in [-0.1, -0.05) is 39.0 Å². The molecule has 3 aromatic rings. The third kappa shape index (κ3) is 6.56. The Morgan fingerprint density at radius 2 is 1.73 bits per heavy atom. The van der Waals surface area contributed by atoms with Crippen molar-refractivity contribution in [2.24, 2.45) is 0 Å². The van der Waals surface area contributed by atoms with Gasteiger partial charge in [0.15, 0.2) is 15.0 Å². The van der Waals surface area contributed by atoms with E-state index in [1.165, 1.54) is 17.6 Å². The number of amides is 1. The Labute approximate surface area is 204 Å². The van der Waals surface area contributed by atoms with Crippen LogP contribution in [-0.4, -0.2) is 61.9 Å². The number of hydrogen-bond acceptors (Lipinski definition) is 7. The van der Waals surface area contributed by atoms with E-state index >= 15 is 0 Å². The zero-order valence-electron chi connectivity index (χ0n) is 19.7. The molecule has 9 heteroatoms. The van der Waals surface area contributed by atoms with E-state index in [2.05, 4.69) is 37.6 Å². The molecule has 0 saturated heterocycles. The van der Waals surface area contributed by atoms with Gasteiger partial charge in [-0.25, -0.2) is 13.4 Å². The monoisotopic (exact) mass is 505 g/mol. The van der Waals surface area contributed by atoms with Crippen molar-refractivity contribution in [2.45, 2.75) is 42.7 Å². The van der Waals surface area contributed by atoms with Crippen LogP contribution < -0.4 is 4.90 Å². The van der Waals surface area contributed by atoms with Gasteiger partial charge in [-0.2, -0.15) is 0 Å². The first-order valence-corrected chi connectivity index (χ1v) is 14.6. The van der Waals surface area contributed by atoms with E-state index in [1.54, 1.807) is 34.9 Å². The summed E-state index contributed by atoms with van der Waals surface area (Å²) < 4.78 is 24.7. The molecule has 0 N–H and O–H groups in total. The van der Waals surface area contributed by atoms with Crippen molar-refractivity contribution in [3.63, 3.8) is 0 Å². The highest BCUT2D eigenvalue weighted by molar-refractivity contribution is 7.99. The maximum absolute atomic E-state index is 13.5. The van der Waals surface area contributed by atoms with Gasteiger partial charge in [0.25, 0.3) is 5.91 Å². The smallest absolute Gasteiger partial charge is 0.260 e. The fourth-order valence-corrected chi connectivity index (χ4v) is 6.00. The van der Waals surface area contributed by atoms with Crippen LogP contribution in [0.3, 0.4) is 0 Å². The molecule has 0 aliphatic heterocycles. The number of nitrogens with zero attached hydrogens (tertiary/aromatic N) is 3. The van der Waals surface area contributed by atoms with E-state index < -0.39 is 9.84 Å². The Kier molecular flexibility index (Phi) is 8.55. The summed E-state index contributed by atoms with van der Waals surface area (Å²) in [6, 6.07) is 12.6. The third-order valence-electron chi connectivity index (χ3n) is 5.26. The highest BCUT2D eigenvalue weighted by atomic mass is 32.2. The lowest BCUT2D eigenvalue weighted by molar-refractivity contribution is 0.0983. The average Bonchev–Trinajstić information content (AvgIpc) is 3.19. The van der Waals surface area contributed by atoms with Gasteiger partial charge in [-0.15, -0.1) is 11.8 Å². The van der Waals surface area contributed by atoms with Crippen LogP contribution in [0, 0.1) is 0 Å². The first-order chi connectivity index (χ1) is 15.6. The van der Waals surface area contributed by atoms with E-state index in [4.69, 9.17) is 0 Å². The maximum Gasteiger partial charge on any atom is 0.260 e. The van der Waals surface area contributed by atoms with Crippen molar-refractivity contribution in [3.05, 3.63) is 48.0 Å². The largest absolute Gasteiger partial charge is 0.302 e. The predicted octanol–water partition coefficient (Wildman–Crippen LogP) is 5.19. The number of thioether (sulfide) groups is 1. The van der Waals surface area contributed by atoms with Crippen molar-refractivity contribution >= 4 is 54.2 Å². The number of aromatic nitrogens is 1. The molecule has 1 amide bonds. The second-order valence-electron chi connectivity index (χ2n) is 8.07. The van der Waals surface area contributed by atoms with Gasteiger partial charge >= 0.3 is 0 Å². The quantitative estimate of drug-likeness (QED) is 0.353. The number of sulfone groups is 1. The molecule has 0 fully saturated rings. The van der Waals surface area contributed by atoms with Crippen LogP contribution in [-0.2, 0) is 9.84 Å². The lowest BCUT2D eigenvalue weighted by Crippen LogP contribution is -2.38. The fourth-order valence-electron chi connectivity index (χ4n) is 3.41. The maximum atomic E-state index is 13.5. The minimum absolute atomic E-state index is 0.106. The van der Waals surface area contributed by atoms with Crippen LogP contribution in [0.4, 0.5) is 5.13 Å². The van der Waals surface area contributed by atoms with Gasteiger partial charge in [0.2, 0.25) is 0 Å². The number of hydrogen-bond donors (Lipinski definition) is 0. The van der Waals surface area contributed by atoms with Crippen molar-refractivity contribution in [1.29, 1.82) is 0 Å². The Morgan fingerprint density at radius 3 is 2.30 bits per heavy atom. The van der Waals surface area contributed by atoms with Crippen LogP contribution in [0.1, 0.15) is 38.1 Å². The first-order valence-electron chi connectivity index (χ1n) is 11.0. The molecule has 33 heavy (non-hydrogen) atoms. The Morgan fingerprint density at radius 1 is 1.06 bits per heavy atom. The summed E-state index contributed by atoms with van der Waals surface area (Å²) in [4.78, 5) is 23.6. The number of anilines is 1. The predicted molar refractivity (Wildman–Crippen MR) is 140 cm³/mol. The zero-order valence-corrected chi connectivity index (χ0v) is 22.2. The summed E-state index contributed by atoms with van der Waals surface area (Å²) in [5.41, 5.74) is 1.30. The molecule has 6 nitrogen and oxygen atoms in total. The number of carbonyl (C=O) groups is 1. The van der Waals surface area contributed by atoms with E-state index in [0.29, 0.717) is 28.0 Å². The van der Waals surface area contributed by atoms with Crippen LogP contribution in [0.5, 0.6) is 0 Å². The Bertz CT molecular complexity index is 1200. The Balaban J connectivity index is 1.96. The van der Waals surface area contributed by atoms with E-state index in [0.717, 1.165) is 29.2 Å². The van der Waals surface area contributed by atoms with Crippen LogP contribution in [0.15, 0.2) is 52.3 Å². The summed E-state index contributed by atoms with van der Waals surface area (Å²) in [7, 11) is -3.32. The number of carbonyl (C=O) groups excluding carboxylic acids is 1. The summed E-state index contributed by atoms with van der Waals surface area (Å²) in [5, 5.41) is 1.05. The minimum Gasteiger partial charge on any atom is -0.302 e. The molecule has 178 valence electrons. The van der Waals surface area contributed by atoms with Gasteiger partial charge in [0.05, 0.1) is 15.1 Å². The molecule has 0 atom stereocenters. The average molecular weight is 506 g/mol. The van der Waals surface area contributed by atoms with Gasteiger partial charge in [-0.3, -0.25) is 9.69 Å². The van der Waals surface area contributed by atoms with Crippen molar-refractivity contribution in [1.82, 2.24) is 9.88 Å². The molecule has 0 unspecified atom stereocenters. The minimum atomic E-state index is -3.32. The lowest BCUT2D eigenvalue weighted by Gasteiger charge is -2.24. The number of rotatable bonds is 10. The van der Waals surface area contributed by atoms with Crippen LogP contribution >= 0.6 is 23.1 Å². The van der Waals surface area contributed by atoms with Gasteiger partial charge in [0.1, 0.15) is 0 Å². The Hall–Kier alpha value is -1.94. The topological polar surface area (TPSA) is 70.6 Å². The normalized spacial score (nSPS) is 12.1. The second-order valence-corrected chi connectivity index (χ2v) is 12.7. The molecule has 0 saturated carbocycles. The van der Waals surface area contributed by atoms with Crippen molar-refractivity contribution in [2.75, 3.05) is 37.3 Å². The molecule has 3 rings (SSSR count). The standard InChI is InChI=1S/C24H31N3O3S3/c1-6-26(7-2)14-15-27(23(28)18-8-10-19(11-9-18)31-17(3)4)24-25-21-13-12-20(33(5,29)30)16-22(21)32-24/h8-13,16-17H,6-7,14-15H2,1-5H3. The molecule has 2 aromatic carbocycles. The highest BCUT2D eigenvalue weighted by Crippen LogP contribution is 2.32. The molecular formula is C24H31N3O3S3. The van der Waals surface area contributed by atoms with Crippen molar-refractivity contribution < 1.29 is 13.2 Å². The fraction of sp³-hybridized carbons (Fsp3) is 0.417. The summed E-state index contributed by atoms with van der Waals surface area (Å²) in [6.07, 6.45) is 1.19. The first kappa shape index (κ1) is 25.7. The third-order valence-corrected chi connectivity index (χ3v) is 8.43. The SMILES string of the molecule is CCN(CC)CCN(C(=O)c1ccc(SC(C)C)cc1)c1nc2ccc(S(C)(=O)=O)cc2s1. The second kappa shape index (κ2) is 11.0. The van der Waals surface area contributed by atoms with Crippen LogP contribution in [0.25, 0.3) is 10.2 Å². The van der Waals surface area contributed by atoms with Gasteiger partial charge < -0.3 is 4.90 Å². The number of likely N-dealkylation sites (N-methyl/N-ethyl adjacent to an activating group) is 1. The molecule has 1 heterocycles. The zero-order chi connectivity index (χ0) is 24.2. The van der Waals surface area contributed by atoms with Gasteiger partial charge in [-0.05, 0) is 55.6 Å². The van der Waals surface area contributed by atoms with Crippen LogP contribution in [0.2, 0.25) is 0 Å². The lowest BCUT2D eigenvalue weighted by atomic mass is 10.2. The number of thiazole rings is 1. The summed E-state index contributed by atoms with van der Waals surface area (Å²) in [5.74, 6) is -0.106. The molecular weight excluding hydrogens is 474 g/mol. The number of benzene rings is 2. The van der Waals surface area contributed by atoms with E-state index in [1.807, 2.05) is 24.3 Å². The summed E-state index contributed by atoms with van der Waals surface area (Å²) >= 11 is 3.10. The molecule has 0 bridgehead atoms. The van der Waals surface area contributed by atoms with E-state index in [9.17, 15) is 13.2 Å². The molecule has 0 aliphatic rings. The van der Waals surface area contributed by atoms with Crippen molar-refractivity contribution in [3.8, 4) is 0 Å². The molecule has 0 radical (unpaired) electrons. The number of fused-ring (bicyclic) bond motifs is 1.